The average Bonchev–Trinajstić information content (AvgIpc) is 2.91. The Hall–Kier alpha value is -0.450. The van der Waals surface area contributed by atoms with Crippen LogP contribution >= 0.6 is 15.9 Å². The van der Waals surface area contributed by atoms with Crippen molar-refractivity contribution < 1.29 is 79.5 Å². The Balaban J connectivity index is 1.71. The third-order valence-corrected chi connectivity index (χ3v) is 7.42. The molecule has 3 aliphatic heterocycles. The second-order valence-corrected chi connectivity index (χ2v) is 9.92. The highest BCUT2D eigenvalue weighted by Gasteiger charge is 2.53. The average molecular weight is 623 g/mol. The van der Waals surface area contributed by atoms with Crippen molar-refractivity contribution in [3.63, 3.8) is 0 Å². The molecule has 222 valence electrons. The van der Waals surface area contributed by atoms with Gasteiger partial charge in [0.2, 0.25) is 0 Å². The second kappa shape index (κ2) is 13.9. The van der Waals surface area contributed by atoms with E-state index in [-0.39, 0.29) is 17.5 Å². The van der Waals surface area contributed by atoms with Crippen molar-refractivity contribution in [3.8, 4) is 0 Å². The van der Waals surface area contributed by atoms with Crippen LogP contribution in [0.2, 0.25) is 0 Å². The molecular formula is C21H35BrO16. The first-order valence-electron chi connectivity index (χ1n) is 11.9. The fraction of sp³-hybridized carbons (Fsp3) is 0.952. The number of halogens is 1. The summed E-state index contributed by atoms with van der Waals surface area (Å²) in [6.45, 7) is -2.28. The molecule has 16 nitrogen and oxygen atoms in total. The molecule has 3 heterocycles. The molecule has 0 amide bonds. The van der Waals surface area contributed by atoms with Gasteiger partial charge in [-0.05, 0) is 0 Å². The molecule has 0 aromatic rings. The summed E-state index contributed by atoms with van der Waals surface area (Å²) in [6, 6.07) is 0. The number of aliphatic hydroxyl groups is 10. The lowest BCUT2D eigenvalue weighted by atomic mass is 9.92. The van der Waals surface area contributed by atoms with Gasteiger partial charge in [0.25, 0.3) is 0 Å². The predicted molar refractivity (Wildman–Crippen MR) is 122 cm³/mol. The summed E-state index contributed by atoms with van der Waals surface area (Å²) < 4.78 is 27.3. The van der Waals surface area contributed by atoms with Gasteiger partial charge in [-0.2, -0.15) is 0 Å². The van der Waals surface area contributed by atoms with Crippen LogP contribution in [0.25, 0.3) is 0 Å². The topological polar surface area (TPSA) is 266 Å². The zero-order chi connectivity index (χ0) is 28.3. The van der Waals surface area contributed by atoms with Gasteiger partial charge >= 0.3 is 0 Å². The van der Waals surface area contributed by atoms with Gasteiger partial charge in [-0.3, -0.25) is 4.79 Å². The van der Waals surface area contributed by atoms with Gasteiger partial charge in [0.15, 0.2) is 12.6 Å². The molecule has 17 heteroatoms. The van der Waals surface area contributed by atoms with Gasteiger partial charge in [0.1, 0.15) is 79.0 Å². The summed E-state index contributed by atoms with van der Waals surface area (Å²) in [4.78, 5) is 11.7. The zero-order valence-electron chi connectivity index (χ0n) is 20.0. The molecule has 3 rings (SSSR count). The molecule has 0 radical (unpaired) electrons. The van der Waals surface area contributed by atoms with Crippen molar-refractivity contribution in [1.29, 1.82) is 0 Å². The molecule has 6 unspecified atom stereocenters. The number of hydrogen-bond donors (Lipinski definition) is 10. The van der Waals surface area contributed by atoms with Crippen LogP contribution in [0.1, 0.15) is 6.42 Å². The Morgan fingerprint density at radius 3 is 1.50 bits per heavy atom. The minimum absolute atomic E-state index is 0.0195. The molecule has 0 aliphatic carbocycles. The first kappa shape index (κ1) is 32.1. The molecule has 10 N–H and O–H groups in total. The fourth-order valence-corrected chi connectivity index (χ4v) is 4.83. The van der Waals surface area contributed by atoms with Gasteiger partial charge in [-0.25, -0.2) is 0 Å². The first-order valence-corrected chi connectivity index (χ1v) is 13.0. The molecule has 0 aromatic heterocycles. The van der Waals surface area contributed by atoms with Crippen molar-refractivity contribution in [1.82, 2.24) is 0 Å². The summed E-state index contributed by atoms with van der Waals surface area (Å²) in [7, 11) is 0. The minimum Gasteiger partial charge on any atom is -0.394 e. The van der Waals surface area contributed by atoms with E-state index in [1.807, 2.05) is 0 Å². The highest BCUT2D eigenvalue weighted by Crippen LogP contribution is 2.32. The Bertz CT molecular complexity index is 757. The van der Waals surface area contributed by atoms with E-state index in [4.69, 9.17) is 23.7 Å². The monoisotopic (exact) mass is 622 g/mol. The number of aliphatic hydroxyl groups excluding tert-OH is 10. The maximum absolute atomic E-state index is 11.7. The van der Waals surface area contributed by atoms with Gasteiger partial charge in [-0.15, -0.1) is 0 Å². The van der Waals surface area contributed by atoms with E-state index in [1.54, 1.807) is 0 Å². The summed E-state index contributed by atoms with van der Waals surface area (Å²) in [5, 5.41) is 101. The number of hydrogen-bond acceptors (Lipinski definition) is 16. The highest BCUT2D eigenvalue weighted by atomic mass is 79.9. The lowest BCUT2D eigenvalue weighted by Crippen LogP contribution is -2.66. The van der Waals surface area contributed by atoms with E-state index in [0.717, 1.165) is 0 Å². The van der Waals surface area contributed by atoms with Crippen LogP contribution in [0.4, 0.5) is 0 Å². The van der Waals surface area contributed by atoms with E-state index in [2.05, 4.69) is 15.9 Å². The van der Waals surface area contributed by atoms with Crippen molar-refractivity contribution in [2.45, 2.75) is 98.4 Å². The molecule has 38 heavy (non-hydrogen) atoms. The van der Waals surface area contributed by atoms with Crippen molar-refractivity contribution in [2.75, 3.05) is 25.2 Å². The number of ether oxygens (including phenoxy) is 5. The Morgan fingerprint density at radius 1 is 0.579 bits per heavy atom. The Morgan fingerprint density at radius 2 is 1.00 bits per heavy atom. The zero-order valence-corrected chi connectivity index (χ0v) is 21.6. The maximum Gasteiger partial charge on any atom is 0.187 e. The van der Waals surface area contributed by atoms with Gasteiger partial charge < -0.3 is 74.7 Å². The number of alkyl halides is 1. The normalized spacial score (nSPS) is 48.1. The standard InChI is InChI=1S/C21H35BrO16/c22-2-6(26)1-7-11(27)14(30)18(9(4-24)34-7)37-21-17(33)15(31)19(10(5-25)36-21)38-20-16(32)13(29)12(28)8(3-23)35-20/h7-21,23-25,27-33H,1-5H2/t7-,8?,9?,10?,11?,12+,13-,14+,15+,16?,17?,18+,19+,20+,21+/m0/s1. The van der Waals surface area contributed by atoms with Crippen LogP contribution in [0.3, 0.4) is 0 Å². The summed E-state index contributed by atoms with van der Waals surface area (Å²) in [5.74, 6) is -0.331. The van der Waals surface area contributed by atoms with Crippen LogP contribution in [0.5, 0.6) is 0 Å². The largest absolute Gasteiger partial charge is 0.394 e. The van der Waals surface area contributed by atoms with E-state index < -0.39 is 112 Å². The van der Waals surface area contributed by atoms with Crippen LogP contribution < -0.4 is 0 Å². The quantitative estimate of drug-likeness (QED) is 0.101. The van der Waals surface area contributed by atoms with Crippen molar-refractivity contribution in [3.05, 3.63) is 0 Å². The van der Waals surface area contributed by atoms with Crippen LogP contribution in [-0.4, -0.2) is 174 Å². The van der Waals surface area contributed by atoms with E-state index in [9.17, 15) is 55.9 Å². The third-order valence-electron chi connectivity index (χ3n) is 6.79. The lowest BCUT2D eigenvalue weighted by molar-refractivity contribution is -0.372. The molecule has 0 aromatic carbocycles. The number of carbonyl (C=O) groups is 1. The number of ketones is 1. The van der Waals surface area contributed by atoms with Gasteiger partial charge in [-0.1, -0.05) is 15.9 Å². The molecule has 0 spiro atoms. The Labute approximate surface area is 225 Å². The SMILES string of the molecule is O=C(CBr)C[C@@H]1OC(CO)[C@@H](O[C@H]2OC(CO)[C@@H](O[C@H]3OC(CO)[C@@H](O)[C@H](O)C3O)[C@H](O)C2O)[C@H](O)C1O. The molecule has 3 aliphatic rings. The van der Waals surface area contributed by atoms with Gasteiger partial charge in [0.05, 0.1) is 31.3 Å². The van der Waals surface area contributed by atoms with E-state index >= 15 is 0 Å². The molecule has 15 atom stereocenters. The number of carbonyl (C=O) groups excluding carboxylic acids is 1. The molecular weight excluding hydrogens is 588 g/mol. The Kier molecular flexibility index (Phi) is 11.8. The summed E-state index contributed by atoms with van der Waals surface area (Å²) >= 11 is 2.98. The summed E-state index contributed by atoms with van der Waals surface area (Å²) in [5.41, 5.74) is 0. The summed E-state index contributed by atoms with van der Waals surface area (Å²) in [6.07, 6.45) is -24.4. The first-order chi connectivity index (χ1) is 18.0. The second-order valence-electron chi connectivity index (χ2n) is 9.36. The van der Waals surface area contributed by atoms with E-state index in [1.165, 1.54) is 0 Å². The smallest absolute Gasteiger partial charge is 0.187 e. The van der Waals surface area contributed by atoms with Crippen molar-refractivity contribution in [2.24, 2.45) is 0 Å². The van der Waals surface area contributed by atoms with Crippen LogP contribution in [0, 0.1) is 0 Å². The highest BCUT2D eigenvalue weighted by molar-refractivity contribution is 9.09. The van der Waals surface area contributed by atoms with Crippen LogP contribution in [-0.2, 0) is 28.5 Å². The van der Waals surface area contributed by atoms with Crippen molar-refractivity contribution >= 4 is 21.7 Å². The molecule has 3 saturated heterocycles. The number of Topliss-reactive ketones (excluding diaryl/α,β-unsaturated/α-hetero) is 1. The van der Waals surface area contributed by atoms with E-state index in [0.29, 0.717) is 0 Å². The molecule has 0 bridgehead atoms. The third kappa shape index (κ3) is 6.71. The van der Waals surface area contributed by atoms with Gasteiger partial charge in [0, 0.05) is 6.42 Å². The number of rotatable bonds is 10. The molecule has 3 fully saturated rings. The maximum atomic E-state index is 11.7. The van der Waals surface area contributed by atoms with Crippen LogP contribution in [0.15, 0.2) is 0 Å². The fourth-order valence-electron chi connectivity index (χ4n) is 4.60. The minimum atomic E-state index is -1.91. The lowest BCUT2D eigenvalue weighted by Gasteiger charge is -2.48. The molecule has 0 saturated carbocycles. The predicted octanol–water partition coefficient (Wildman–Crippen LogP) is -6.17.